The van der Waals surface area contributed by atoms with Gasteiger partial charge in [-0.15, -0.1) is 0 Å². The standard InChI is InChI=1S/C21H17Cl2NO2/c22-17-10-8-16(19(23)14-17)9-11-21(25)24-12-13-26-20-7-3-5-15-4-1-2-6-18(15)20/h1-11,14H,12-13H2,(H,24,25)/b11-9+. The molecule has 5 heteroatoms. The zero-order chi connectivity index (χ0) is 18.4. The fourth-order valence-corrected chi connectivity index (χ4v) is 2.99. The minimum absolute atomic E-state index is 0.211. The predicted molar refractivity (Wildman–Crippen MR) is 108 cm³/mol. The van der Waals surface area contributed by atoms with Gasteiger partial charge in [0, 0.05) is 21.5 Å². The monoisotopic (exact) mass is 385 g/mol. The zero-order valence-electron chi connectivity index (χ0n) is 13.9. The van der Waals surface area contributed by atoms with Gasteiger partial charge in [0.2, 0.25) is 5.91 Å². The molecule has 3 aromatic carbocycles. The molecule has 132 valence electrons. The van der Waals surface area contributed by atoms with Gasteiger partial charge in [-0.3, -0.25) is 4.79 Å². The molecule has 0 saturated carbocycles. The molecule has 0 aromatic heterocycles. The summed E-state index contributed by atoms with van der Waals surface area (Å²) >= 11 is 11.9. The van der Waals surface area contributed by atoms with E-state index in [9.17, 15) is 4.79 Å². The topological polar surface area (TPSA) is 38.3 Å². The summed E-state index contributed by atoms with van der Waals surface area (Å²) in [5.41, 5.74) is 0.734. The maximum absolute atomic E-state index is 11.9. The van der Waals surface area contributed by atoms with Crippen LogP contribution in [0.2, 0.25) is 10.0 Å². The van der Waals surface area contributed by atoms with Crippen molar-refractivity contribution in [2.45, 2.75) is 0 Å². The lowest BCUT2D eigenvalue weighted by atomic mass is 10.1. The SMILES string of the molecule is O=C(/C=C/c1ccc(Cl)cc1Cl)NCCOc1cccc2ccccc12. The number of carbonyl (C=O) groups is 1. The Labute approximate surface area is 162 Å². The highest BCUT2D eigenvalue weighted by Crippen LogP contribution is 2.25. The second-order valence-electron chi connectivity index (χ2n) is 5.62. The van der Waals surface area contributed by atoms with Gasteiger partial charge in [0.1, 0.15) is 12.4 Å². The van der Waals surface area contributed by atoms with Crippen LogP contribution in [-0.4, -0.2) is 19.1 Å². The summed E-state index contributed by atoms with van der Waals surface area (Å²) in [6.45, 7) is 0.788. The first-order valence-electron chi connectivity index (χ1n) is 8.15. The van der Waals surface area contributed by atoms with Gasteiger partial charge in [0.05, 0.1) is 6.54 Å². The van der Waals surface area contributed by atoms with Crippen molar-refractivity contribution in [2.75, 3.05) is 13.2 Å². The zero-order valence-corrected chi connectivity index (χ0v) is 15.4. The summed E-state index contributed by atoms with van der Waals surface area (Å²) in [6.07, 6.45) is 3.09. The number of hydrogen-bond acceptors (Lipinski definition) is 2. The molecule has 3 rings (SSSR count). The summed E-state index contributed by atoms with van der Waals surface area (Å²) in [7, 11) is 0. The van der Waals surface area contributed by atoms with Crippen LogP contribution in [0.15, 0.2) is 66.7 Å². The quantitative estimate of drug-likeness (QED) is 0.458. The Hall–Kier alpha value is -2.49. The Bertz CT molecular complexity index is 948. The molecule has 0 bridgehead atoms. The number of amides is 1. The van der Waals surface area contributed by atoms with Gasteiger partial charge in [0.15, 0.2) is 0 Å². The Morgan fingerprint density at radius 2 is 1.85 bits per heavy atom. The first kappa shape index (κ1) is 18.3. The largest absolute Gasteiger partial charge is 0.491 e. The number of carbonyl (C=O) groups excluding carboxylic acids is 1. The van der Waals surface area contributed by atoms with Gasteiger partial charge >= 0.3 is 0 Å². The molecule has 0 saturated heterocycles. The van der Waals surface area contributed by atoms with Gasteiger partial charge in [-0.25, -0.2) is 0 Å². The minimum atomic E-state index is -0.211. The maximum atomic E-state index is 11.9. The van der Waals surface area contributed by atoms with Crippen LogP contribution in [-0.2, 0) is 4.79 Å². The number of rotatable bonds is 6. The average molecular weight is 386 g/mol. The molecule has 0 aliphatic carbocycles. The van der Waals surface area contributed by atoms with Crippen molar-refractivity contribution in [3.63, 3.8) is 0 Å². The number of fused-ring (bicyclic) bond motifs is 1. The molecule has 0 unspecified atom stereocenters. The van der Waals surface area contributed by atoms with Crippen molar-refractivity contribution >= 4 is 46.0 Å². The second-order valence-corrected chi connectivity index (χ2v) is 6.46. The van der Waals surface area contributed by atoms with Crippen LogP contribution in [0, 0.1) is 0 Å². The van der Waals surface area contributed by atoms with Gasteiger partial charge in [-0.05, 0) is 35.2 Å². The molecule has 0 aliphatic heterocycles. The first-order chi connectivity index (χ1) is 12.6. The fourth-order valence-electron chi connectivity index (χ4n) is 2.52. The number of halogens is 2. The molecule has 1 amide bonds. The highest BCUT2D eigenvalue weighted by Gasteiger charge is 2.02. The van der Waals surface area contributed by atoms with Crippen LogP contribution >= 0.6 is 23.2 Å². The van der Waals surface area contributed by atoms with Crippen molar-refractivity contribution < 1.29 is 9.53 Å². The van der Waals surface area contributed by atoms with Crippen molar-refractivity contribution in [1.29, 1.82) is 0 Å². The molecule has 0 aliphatic rings. The second kappa shape index (κ2) is 8.75. The molecule has 0 spiro atoms. The van der Waals surface area contributed by atoms with E-state index < -0.39 is 0 Å². The van der Waals surface area contributed by atoms with Gasteiger partial charge in [-0.1, -0.05) is 65.7 Å². The van der Waals surface area contributed by atoms with E-state index in [0.717, 1.165) is 22.1 Å². The number of ether oxygens (including phenoxy) is 1. The molecular weight excluding hydrogens is 369 g/mol. The third-order valence-electron chi connectivity index (χ3n) is 3.79. The van der Waals surface area contributed by atoms with E-state index in [-0.39, 0.29) is 5.91 Å². The molecule has 1 N–H and O–H groups in total. The van der Waals surface area contributed by atoms with E-state index in [1.807, 2.05) is 42.5 Å². The molecule has 3 aromatic rings. The first-order valence-corrected chi connectivity index (χ1v) is 8.90. The summed E-state index contributed by atoms with van der Waals surface area (Å²) < 4.78 is 5.79. The molecular formula is C21H17Cl2NO2. The number of nitrogens with one attached hydrogen (secondary N) is 1. The summed E-state index contributed by atoms with van der Waals surface area (Å²) in [6, 6.07) is 19.1. The predicted octanol–water partition coefficient (Wildman–Crippen LogP) is 5.36. The minimum Gasteiger partial charge on any atom is -0.491 e. The highest BCUT2D eigenvalue weighted by molar-refractivity contribution is 6.35. The average Bonchev–Trinajstić information content (AvgIpc) is 2.64. The van der Waals surface area contributed by atoms with Crippen molar-refractivity contribution in [1.82, 2.24) is 5.32 Å². The summed E-state index contributed by atoms with van der Waals surface area (Å²) in [5, 5.41) is 6.02. The van der Waals surface area contributed by atoms with Crippen molar-refractivity contribution in [3.8, 4) is 5.75 Å². The lowest BCUT2D eigenvalue weighted by Gasteiger charge is -2.09. The van der Waals surface area contributed by atoms with Gasteiger partial charge in [0.25, 0.3) is 0 Å². The van der Waals surface area contributed by atoms with Crippen LogP contribution in [0.1, 0.15) is 5.56 Å². The molecule has 3 nitrogen and oxygen atoms in total. The molecule has 0 heterocycles. The number of hydrogen-bond donors (Lipinski definition) is 1. The van der Waals surface area contributed by atoms with Crippen LogP contribution in [0.5, 0.6) is 5.75 Å². The van der Waals surface area contributed by atoms with E-state index in [2.05, 4.69) is 5.32 Å². The van der Waals surface area contributed by atoms with Crippen LogP contribution in [0.3, 0.4) is 0 Å². The van der Waals surface area contributed by atoms with E-state index in [1.54, 1.807) is 24.3 Å². The third-order valence-corrected chi connectivity index (χ3v) is 4.35. The molecule has 26 heavy (non-hydrogen) atoms. The maximum Gasteiger partial charge on any atom is 0.244 e. The Kier molecular flexibility index (Phi) is 6.16. The van der Waals surface area contributed by atoms with Crippen molar-refractivity contribution in [2.24, 2.45) is 0 Å². The molecule has 0 atom stereocenters. The van der Waals surface area contributed by atoms with E-state index in [1.165, 1.54) is 6.08 Å². The lowest BCUT2D eigenvalue weighted by Crippen LogP contribution is -2.26. The Balaban J connectivity index is 1.50. The smallest absolute Gasteiger partial charge is 0.244 e. The van der Waals surface area contributed by atoms with Gasteiger partial charge in [-0.2, -0.15) is 0 Å². The number of benzene rings is 3. The van der Waals surface area contributed by atoms with Crippen LogP contribution in [0.25, 0.3) is 16.8 Å². The normalized spacial score (nSPS) is 11.0. The van der Waals surface area contributed by atoms with Gasteiger partial charge < -0.3 is 10.1 Å². The molecule has 0 radical (unpaired) electrons. The fraction of sp³-hybridized carbons (Fsp3) is 0.0952. The van der Waals surface area contributed by atoms with Crippen LogP contribution < -0.4 is 10.1 Å². The third kappa shape index (κ3) is 4.78. The summed E-state index contributed by atoms with van der Waals surface area (Å²) in [4.78, 5) is 11.9. The highest BCUT2D eigenvalue weighted by atomic mass is 35.5. The summed E-state index contributed by atoms with van der Waals surface area (Å²) in [5.74, 6) is 0.596. The Morgan fingerprint density at radius 1 is 1.04 bits per heavy atom. The van der Waals surface area contributed by atoms with E-state index in [0.29, 0.717) is 23.2 Å². The van der Waals surface area contributed by atoms with Crippen LogP contribution in [0.4, 0.5) is 0 Å². The molecule has 0 fully saturated rings. The Morgan fingerprint density at radius 3 is 2.69 bits per heavy atom. The van der Waals surface area contributed by atoms with Crippen molar-refractivity contribution in [3.05, 3.63) is 82.3 Å². The van der Waals surface area contributed by atoms with E-state index in [4.69, 9.17) is 27.9 Å². The lowest BCUT2D eigenvalue weighted by molar-refractivity contribution is -0.116. The van der Waals surface area contributed by atoms with E-state index >= 15 is 0 Å².